The van der Waals surface area contributed by atoms with Crippen LogP contribution in [0, 0.1) is 0 Å². The molecule has 4 heteroatoms. The number of ether oxygens (including phenoxy) is 1. The molecule has 1 fully saturated rings. The lowest BCUT2D eigenvalue weighted by atomic mass is 10.1. The first-order chi connectivity index (χ1) is 8.65. The summed E-state index contributed by atoms with van der Waals surface area (Å²) in [4.78, 5) is 14.3. The molecule has 2 N–H and O–H groups in total. The monoisotopic (exact) mass is 248 g/mol. The second-order valence-corrected chi connectivity index (χ2v) is 4.75. The smallest absolute Gasteiger partial charge is 0.256 e. The molecule has 1 aliphatic heterocycles. The predicted octanol–water partition coefficient (Wildman–Crippen LogP) is 1.32. The summed E-state index contributed by atoms with van der Waals surface area (Å²) in [6, 6.07) is 9.72. The second-order valence-electron chi connectivity index (χ2n) is 4.75. The number of nitrogens with zero attached hydrogens (tertiary/aromatic N) is 1. The third kappa shape index (κ3) is 2.40. The average molecular weight is 248 g/mol. The minimum absolute atomic E-state index is 0.00384. The SMILES string of the molecule is COC(C(=O)N1CCC(N)C1C)c1ccccc1. The van der Waals surface area contributed by atoms with Gasteiger partial charge in [0.15, 0.2) is 6.10 Å². The fourth-order valence-electron chi connectivity index (χ4n) is 2.43. The van der Waals surface area contributed by atoms with Gasteiger partial charge in [0.2, 0.25) is 0 Å². The third-order valence-corrected chi connectivity index (χ3v) is 3.66. The van der Waals surface area contributed by atoms with Crippen LogP contribution in [-0.2, 0) is 9.53 Å². The Morgan fingerprint density at radius 2 is 2.11 bits per heavy atom. The summed E-state index contributed by atoms with van der Waals surface area (Å²) in [7, 11) is 1.57. The molecular weight excluding hydrogens is 228 g/mol. The highest BCUT2D eigenvalue weighted by Gasteiger charge is 2.35. The first-order valence-corrected chi connectivity index (χ1v) is 6.29. The quantitative estimate of drug-likeness (QED) is 0.877. The van der Waals surface area contributed by atoms with Gasteiger partial charge in [-0.05, 0) is 18.9 Å². The van der Waals surface area contributed by atoms with Crippen LogP contribution >= 0.6 is 0 Å². The Morgan fingerprint density at radius 1 is 1.44 bits per heavy atom. The topological polar surface area (TPSA) is 55.6 Å². The van der Waals surface area contributed by atoms with Crippen molar-refractivity contribution < 1.29 is 9.53 Å². The summed E-state index contributed by atoms with van der Waals surface area (Å²) < 4.78 is 5.36. The van der Waals surface area contributed by atoms with E-state index in [1.807, 2.05) is 42.2 Å². The summed E-state index contributed by atoms with van der Waals surface area (Å²) in [5, 5.41) is 0. The number of carbonyl (C=O) groups is 1. The first kappa shape index (κ1) is 13.1. The van der Waals surface area contributed by atoms with Crippen LogP contribution in [0.5, 0.6) is 0 Å². The van der Waals surface area contributed by atoms with Crippen molar-refractivity contribution in [1.82, 2.24) is 4.90 Å². The Morgan fingerprint density at radius 3 is 2.61 bits per heavy atom. The maximum Gasteiger partial charge on any atom is 0.256 e. The average Bonchev–Trinajstić information content (AvgIpc) is 2.72. The standard InChI is InChI=1S/C14H20N2O2/c1-10-12(15)8-9-16(10)14(17)13(18-2)11-6-4-3-5-7-11/h3-7,10,12-13H,8-9,15H2,1-2H3. The van der Waals surface area contributed by atoms with E-state index < -0.39 is 6.10 Å². The fraction of sp³-hybridized carbons (Fsp3) is 0.500. The van der Waals surface area contributed by atoms with Gasteiger partial charge in [0, 0.05) is 25.7 Å². The number of methoxy groups -OCH3 is 1. The van der Waals surface area contributed by atoms with E-state index in [9.17, 15) is 4.79 Å². The van der Waals surface area contributed by atoms with Gasteiger partial charge in [0.25, 0.3) is 5.91 Å². The van der Waals surface area contributed by atoms with Crippen LogP contribution in [0.15, 0.2) is 30.3 Å². The van der Waals surface area contributed by atoms with E-state index in [1.165, 1.54) is 0 Å². The van der Waals surface area contributed by atoms with Crippen LogP contribution in [0.25, 0.3) is 0 Å². The summed E-state index contributed by atoms with van der Waals surface area (Å²) in [6.45, 7) is 2.71. The Bertz CT molecular complexity index is 408. The number of amides is 1. The predicted molar refractivity (Wildman–Crippen MR) is 70.0 cm³/mol. The molecule has 0 aromatic heterocycles. The number of nitrogens with two attached hydrogens (primary N) is 1. The molecule has 3 unspecified atom stereocenters. The van der Waals surface area contributed by atoms with Gasteiger partial charge in [-0.3, -0.25) is 4.79 Å². The van der Waals surface area contributed by atoms with Crippen LogP contribution in [0.3, 0.4) is 0 Å². The zero-order valence-electron chi connectivity index (χ0n) is 10.9. The van der Waals surface area contributed by atoms with E-state index in [-0.39, 0.29) is 18.0 Å². The molecule has 0 radical (unpaired) electrons. The maximum atomic E-state index is 12.5. The molecule has 0 aliphatic carbocycles. The van der Waals surface area contributed by atoms with E-state index in [4.69, 9.17) is 10.5 Å². The molecule has 1 aromatic carbocycles. The summed E-state index contributed by atoms with van der Waals surface area (Å²) >= 11 is 0. The largest absolute Gasteiger partial charge is 0.367 e. The van der Waals surface area contributed by atoms with Gasteiger partial charge in [-0.15, -0.1) is 0 Å². The van der Waals surface area contributed by atoms with Gasteiger partial charge in [-0.1, -0.05) is 30.3 Å². The third-order valence-electron chi connectivity index (χ3n) is 3.66. The highest BCUT2D eigenvalue weighted by atomic mass is 16.5. The zero-order valence-corrected chi connectivity index (χ0v) is 10.9. The Kier molecular flexibility index (Phi) is 3.99. The van der Waals surface area contributed by atoms with Gasteiger partial charge in [0.1, 0.15) is 0 Å². The number of benzene rings is 1. The first-order valence-electron chi connectivity index (χ1n) is 6.29. The van der Waals surface area contributed by atoms with E-state index in [2.05, 4.69) is 0 Å². The second kappa shape index (κ2) is 5.50. The molecule has 4 nitrogen and oxygen atoms in total. The van der Waals surface area contributed by atoms with Gasteiger partial charge >= 0.3 is 0 Å². The highest BCUT2D eigenvalue weighted by molar-refractivity contribution is 5.83. The number of carbonyl (C=O) groups excluding carboxylic acids is 1. The van der Waals surface area contributed by atoms with Crippen molar-refractivity contribution in [2.45, 2.75) is 31.5 Å². The molecule has 98 valence electrons. The van der Waals surface area contributed by atoms with Crippen LogP contribution in [0.2, 0.25) is 0 Å². The normalized spacial score (nSPS) is 25.2. The molecule has 1 aromatic rings. The Hall–Kier alpha value is -1.39. The number of hydrogen-bond acceptors (Lipinski definition) is 3. The molecule has 1 amide bonds. The van der Waals surface area contributed by atoms with Gasteiger partial charge in [0.05, 0.1) is 0 Å². The molecule has 2 rings (SSSR count). The number of likely N-dealkylation sites (tertiary alicyclic amines) is 1. The van der Waals surface area contributed by atoms with Crippen molar-refractivity contribution in [2.75, 3.05) is 13.7 Å². The van der Waals surface area contributed by atoms with Crippen molar-refractivity contribution in [3.8, 4) is 0 Å². The lowest BCUT2D eigenvalue weighted by Crippen LogP contribution is -2.42. The summed E-state index contributed by atoms with van der Waals surface area (Å²) in [5.41, 5.74) is 6.84. The molecule has 0 bridgehead atoms. The van der Waals surface area contributed by atoms with Crippen molar-refractivity contribution >= 4 is 5.91 Å². The lowest BCUT2D eigenvalue weighted by molar-refractivity contribution is -0.143. The van der Waals surface area contributed by atoms with Crippen LogP contribution < -0.4 is 5.73 Å². The van der Waals surface area contributed by atoms with E-state index in [1.54, 1.807) is 7.11 Å². The van der Waals surface area contributed by atoms with Crippen molar-refractivity contribution in [3.05, 3.63) is 35.9 Å². The molecule has 1 saturated heterocycles. The Balaban J connectivity index is 2.16. The highest BCUT2D eigenvalue weighted by Crippen LogP contribution is 2.24. The van der Waals surface area contributed by atoms with E-state index in [0.29, 0.717) is 6.54 Å². The van der Waals surface area contributed by atoms with Crippen molar-refractivity contribution in [3.63, 3.8) is 0 Å². The van der Waals surface area contributed by atoms with E-state index in [0.717, 1.165) is 12.0 Å². The number of rotatable bonds is 3. The molecule has 1 heterocycles. The molecule has 0 saturated carbocycles. The molecule has 3 atom stereocenters. The van der Waals surface area contributed by atoms with Crippen LogP contribution in [-0.4, -0.2) is 36.5 Å². The van der Waals surface area contributed by atoms with Gasteiger partial charge in [-0.25, -0.2) is 0 Å². The molecular formula is C14H20N2O2. The lowest BCUT2D eigenvalue weighted by Gasteiger charge is -2.27. The van der Waals surface area contributed by atoms with Crippen molar-refractivity contribution in [1.29, 1.82) is 0 Å². The molecule has 1 aliphatic rings. The van der Waals surface area contributed by atoms with E-state index >= 15 is 0 Å². The maximum absolute atomic E-state index is 12.5. The molecule has 0 spiro atoms. The summed E-state index contributed by atoms with van der Waals surface area (Å²) in [6.07, 6.45) is 0.331. The summed E-state index contributed by atoms with van der Waals surface area (Å²) in [5.74, 6) is 0.00384. The van der Waals surface area contributed by atoms with Crippen LogP contribution in [0.1, 0.15) is 25.0 Å². The van der Waals surface area contributed by atoms with Crippen molar-refractivity contribution in [2.24, 2.45) is 5.73 Å². The number of hydrogen-bond donors (Lipinski definition) is 1. The minimum Gasteiger partial charge on any atom is -0.367 e. The molecule has 18 heavy (non-hydrogen) atoms. The van der Waals surface area contributed by atoms with Gasteiger partial charge < -0.3 is 15.4 Å². The van der Waals surface area contributed by atoms with Crippen LogP contribution in [0.4, 0.5) is 0 Å². The Labute approximate surface area is 108 Å². The fourth-order valence-corrected chi connectivity index (χ4v) is 2.43. The van der Waals surface area contributed by atoms with Gasteiger partial charge in [-0.2, -0.15) is 0 Å². The minimum atomic E-state index is -0.529. The zero-order chi connectivity index (χ0) is 13.1.